The first-order chi connectivity index (χ1) is 10.5. The van der Waals surface area contributed by atoms with Gasteiger partial charge in [-0.1, -0.05) is 0 Å². The molecule has 1 saturated heterocycles. The predicted molar refractivity (Wildman–Crippen MR) is 84.4 cm³/mol. The highest BCUT2D eigenvalue weighted by molar-refractivity contribution is 5.98. The molecule has 5 heteroatoms. The summed E-state index contributed by atoms with van der Waals surface area (Å²) in [5.41, 5.74) is 1.76. The quantitative estimate of drug-likeness (QED) is 0.896. The number of nitrogens with one attached hydrogen (secondary N) is 2. The molecule has 1 aromatic carbocycles. The number of fused-ring (bicyclic) bond motifs is 1. The van der Waals surface area contributed by atoms with E-state index in [1.165, 1.54) is 12.1 Å². The van der Waals surface area contributed by atoms with Gasteiger partial charge in [-0.25, -0.2) is 4.39 Å². The zero-order chi connectivity index (χ0) is 15.7. The number of pyridine rings is 1. The molecule has 2 unspecified atom stereocenters. The van der Waals surface area contributed by atoms with Crippen LogP contribution in [0.1, 0.15) is 35.8 Å². The average Bonchev–Trinajstić information content (AvgIpc) is 2.46. The fourth-order valence-corrected chi connectivity index (χ4v) is 2.99. The molecule has 3 rings (SSSR count). The van der Waals surface area contributed by atoms with Gasteiger partial charge >= 0.3 is 0 Å². The molecule has 1 amide bonds. The minimum absolute atomic E-state index is 0.102. The van der Waals surface area contributed by atoms with Crippen LogP contribution in [0.15, 0.2) is 24.3 Å². The van der Waals surface area contributed by atoms with Gasteiger partial charge in [0.15, 0.2) is 0 Å². The molecule has 0 bridgehead atoms. The third-order valence-electron chi connectivity index (χ3n) is 4.17. The standard InChI is InChI=1S/C17H20FN3O/c1-10-7-14(5-6-19-10)21-17(22)15-8-12-3-4-13(18)9-16(12)20-11(15)2/h3-4,8-10,14,19H,5-7H2,1-2H3,(H,21,22). The van der Waals surface area contributed by atoms with E-state index in [0.717, 1.165) is 24.8 Å². The molecule has 1 fully saturated rings. The first-order valence-corrected chi connectivity index (χ1v) is 7.64. The van der Waals surface area contributed by atoms with Crippen LogP contribution < -0.4 is 10.6 Å². The lowest BCUT2D eigenvalue weighted by Gasteiger charge is -2.28. The highest BCUT2D eigenvalue weighted by Gasteiger charge is 2.21. The Hall–Kier alpha value is -2.01. The number of aryl methyl sites for hydroxylation is 1. The Bertz CT molecular complexity index is 716. The van der Waals surface area contributed by atoms with Gasteiger partial charge in [0.2, 0.25) is 0 Å². The lowest BCUT2D eigenvalue weighted by molar-refractivity contribution is 0.0925. The number of carbonyl (C=O) groups is 1. The van der Waals surface area contributed by atoms with Crippen molar-refractivity contribution in [2.45, 2.75) is 38.8 Å². The summed E-state index contributed by atoms with van der Waals surface area (Å²) in [5, 5.41) is 7.23. The van der Waals surface area contributed by atoms with Gasteiger partial charge in [-0.15, -0.1) is 0 Å². The molecule has 2 N–H and O–H groups in total. The van der Waals surface area contributed by atoms with Crippen LogP contribution in [0.2, 0.25) is 0 Å². The second kappa shape index (κ2) is 6.01. The molecule has 116 valence electrons. The van der Waals surface area contributed by atoms with Gasteiger partial charge in [0, 0.05) is 23.5 Å². The molecule has 2 atom stereocenters. The summed E-state index contributed by atoms with van der Waals surface area (Å²) in [6.07, 6.45) is 1.86. The lowest BCUT2D eigenvalue weighted by atomic mass is 10.00. The van der Waals surface area contributed by atoms with Crippen LogP contribution in [0.3, 0.4) is 0 Å². The highest BCUT2D eigenvalue weighted by atomic mass is 19.1. The molecule has 22 heavy (non-hydrogen) atoms. The number of benzene rings is 1. The second-order valence-corrected chi connectivity index (χ2v) is 6.01. The predicted octanol–water partition coefficient (Wildman–Crippen LogP) is 2.55. The zero-order valence-electron chi connectivity index (χ0n) is 12.8. The van der Waals surface area contributed by atoms with Crippen LogP contribution in [0.5, 0.6) is 0 Å². The van der Waals surface area contributed by atoms with E-state index < -0.39 is 0 Å². The van der Waals surface area contributed by atoms with Crippen molar-refractivity contribution in [3.8, 4) is 0 Å². The van der Waals surface area contributed by atoms with Crippen LogP contribution >= 0.6 is 0 Å². The zero-order valence-corrected chi connectivity index (χ0v) is 12.8. The average molecular weight is 301 g/mol. The lowest BCUT2D eigenvalue weighted by Crippen LogP contribution is -2.46. The number of amides is 1. The van der Waals surface area contributed by atoms with Gasteiger partial charge in [0.05, 0.1) is 16.8 Å². The van der Waals surface area contributed by atoms with Crippen LogP contribution in [0, 0.1) is 12.7 Å². The first kappa shape index (κ1) is 14.9. The Morgan fingerprint density at radius 1 is 1.41 bits per heavy atom. The molecular formula is C17H20FN3O. The summed E-state index contributed by atoms with van der Waals surface area (Å²) in [6.45, 7) is 4.82. The molecule has 2 aromatic rings. The van der Waals surface area contributed by atoms with Crippen LogP contribution in [-0.2, 0) is 0 Å². The van der Waals surface area contributed by atoms with Gasteiger partial charge in [-0.3, -0.25) is 9.78 Å². The summed E-state index contributed by atoms with van der Waals surface area (Å²) < 4.78 is 13.2. The smallest absolute Gasteiger partial charge is 0.253 e. The van der Waals surface area contributed by atoms with Crippen LogP contribution in [0.4, 0.5) is 4.39 Å². The number of halogens is 1. The Labute approximate surface area is 129 Å². The molecule has 0 radical (unpaired) electrons. The van der Waals surface area contributed by atoms with Gasteiger partial charge in [0.1, 0.15) is 5.82 Å². The van der Waals surface area contributed by atoms with Crippen molar-refractivity contribution in [2.24, 2.45) is 0 Å². The second-order valence-electron chi connectivity index (χ2n) is 6.01. The maximum absolute atomic E-state index is 13.2. The SMILES string of the molecule is Cc1nc2cc(F)ccc2cc1C(=O)NC1CCNC(C)C1. The Kier molecular flexibility index (Phi) is 4.07. The van der Waals surface area contributed by atoms with Crippen molar-refractivity contribution < 1.29 is 9.18 Å². The summed E-state index contributed by atoms with van der Waals surface area (Å²) in [5.74, 6) is -0.421. The molecule has 1 aliphatic heterocycles. The summed E-state index contributed by atoms with van der Waals surface area (Å²) in [7, 11) is 0. The molecule has 4 nitrogen and oxygen atoms in total. The molecule has 2 heterocycles. The maximum Gasteiger partial charge on any atom is 0.253 e. The van der Waals surface area contributed by atoms with Gasteiger partial charge in [0.25, 0.3) is 5.91 Å². The molecule has 1 aliphatic rings. The minimum Gasteiger partial charge on any atom is -0.349 e. The van der Waals surface area contributed by atoms with Gasteiger partial charge < -0.3 is 10.6 Å². The van der Waals surface area contributed by atoms with E-state index in [1.807, 2.05) is 0 Å². The third-order valence-corrected chi connectivity index (χ3v) is 4.17. The highest BCUT2D eigenvalue weighted by Crippen LogP contribution is 2.18. The molecule has 0 spiro atoms. The van der Waals surface area contributed by atoms with E-state index >= 15 is 0 Å². The maximum atomic E-state index is 13.2. The van der Waals surface area contributed by atoms with Crippen LogP contribution in [-0.4, -0.2) is 29.5 Å². The van der Waals surface area contributed by atoms with E-state index in [0.29, 0.717) is 22.8 Å². The summed E-state index contributed by atoms with van der Waals surface area (Å²) >= 11 is 0. The number of nitrogens with zero attached hydrogens (tertiary/aromatic N) is 1. The third kappa shape index (κ3) is 3.09. The number of rotatable bonds is 2. The Balaban J connectivity index is 1.84. The summed E-state index contributed by atoms with van der Waals surface area (Å²) in [6, 6.07) is 6.82. The van der Waals surface area contributed by atoms with E-state index in [2.05, 4.69) is 22.5 Å². The topological polar surface area (TPSA) is 54.0 Å². The van der Waals surface area contributed by atoms with Crippen molar-refractivity contribution in [2.75, 3.05) is 6.54 Å². The molecule has 1 aromatic heterocycles. The monoisotopic (exact) mass is 301 g/mol. The largest absolute Gasteiger partial charge is 0.349 e. The number of piperidine rings is 1. The Morgan fingerprint density at radius 3 is 3.00 bits per heavy atom. The van der Waals surface area contributed by atoms with E-state index in [-0.39, 0.29) is 17.8 Å². The van der Waals surface area contributed by atoms with Crippen molar-refractivity contribution in [1.29, 1.82) is 0 Å². The fourth-order valence-electron chi connectivity index (χ4n) is 2.99. The summed E-state index contributed by atoms with van der Waals surface area (Å²) in [4.78, 5) is 16.9. The molecule has 0 saturated carbocycles. The number of aromatic nitrogens is 1. The van der Waals surface area contributed by atoms with E-state index in [9.17, 15) is 9.18 Å². The number of hydrogen-bond acceptors (Lipinski definition) is 3. The first-order valence-electron chi connectivity index (χ1n) is 7.64. The molecule has 0 aliphatic carbocycles. The number of carbonyl (C=O) groups excluding carboxylic acids is 1. The van der Waals surface area contributed by atoms with Gasteiger partial charge in [-0.2, -0.15) is 0 Å². The van der Waals surface area contributed by atoms with Crippen molar-refractivity contribution in [3.05, 3.63) is 41.3 Å². The van der Waals surface area contributed by atoms with Crippen molar-refractivity contribution >= 4 is 16.8 Å². The van der Waals surface area contributed by atoms with E-state index in [4.69, 9.17) is 0 Å². The van der Waals surface area contributed by atoms with Gasteiger partial charge in [-0.05, 0) is 51.4 Å². The minimum atomic E-state index is -0.319. The number of hydrogen-bond donors (Lipinski definition) is 2. The Morgan fingerprint density at radius 2 is 2.23 bits per heavy atom. The van der Waals surface area contributed by atoms with E-state index in [1.54, 1.807) is 19.1 Å². The van der Waals surface area contributed by atoms with Crippen molar-refractivity contribution in [1.82, 2.24) is 15.6 Å². The van der Waals surface area contributed by atoms with Crippen molar-refractivity contribution in [3.63, 3.8) is 0 Å². The van der Waals surface area contributed by atoms with Crippen LogP contribution in [0.25, 0.3) is 10.9 Å². The molecular weight excluding hydrogens is 281 g/mol. The normalized spacial score (nSPS) is 21.8. The fraction of sp³-hybridized carbons (Fsp3) is 0.412.